The Bertz CT molecular complexity index is 1960. The highest BCUT2D eigenvalue weighted by molar-refractivity contribution is 7.52. The third-order valence-corrected chi connectivity index (χ3v) is 8.37. The molecule has 3 atom stereocenters. The predicted octanol–water partition coefficient (Wildman–Crippen LogP) is 6.74. The van der Waals surface area contributed by atoms with Crippen molar-refractivity contribution in [1.82, 2.24) is 19.6 Å². The van der Waals surface area contributed by atoms with Crippen LogP contribution in [0.4, 0.5) is 5.82 Å². The molecular formula is C32H44N5O6P. The van der Waals surface area contributed by atoms with E-state index in [1.807, 2.05) is 30.5 Å². The number of anilines is 1. The second-order valence-corrected chi connectivity index (χ2v) is 12.0. The molecule has 11 nitrogen and oxygen atoms in total. The number of pyridine rings is 1. The van der Waals surface area contributed by atoms with Gasteiger partial charge in [0.25, 0.3) is 0 Å². The van der Waals surface area contributed by atoms with Crippen molar-refractivity contribution >= 4 is 41.5 Å². The summed E-state index contributed by atoms with van der Waals surface area (Å²) in [7, 11) is -5.03. The number of nitrogens with two attached hydrogens (primary N) is 1. The Kier molecular flexibility index (Phi) is 7.29. The first-order chi connectivity index (χ1) is 25.0. The van der Waals surface area contributed by atoms with Gasteiger partial charge in [0, 0.05) is 24.3 Å². The summed E-state index contributed by atoms with van der Waals surface area (Å²) in [6.07, 6.45) is -2.17. The molecule has 0 aliphatic heterocycles. The lowest BCUT2D eigenvalue weighted by atomic mass is 9.94. The van der Waals surface area contributed by atoms with Crippen LogP contribution in [0, 0.1) is 0 Å². The van der Waals surface area contributed by atoms with Crippen LogP contribution in [0.5, 0.6) is 5.75 Å². The lowest BCUT2D eigenvalue weighted by Crippen LogP contribution is -2.40. The highest BCUT2D eigenvalue weighted by Crippen LogP contribution is 2.47. The average Bonchev–Trinajstić information content (AvgIpc) is 3.48. The number of hydrogen-bond acceptors (Lipinski definition) is 9. The van der Waals surface area contributed by atoms with Crippen LogP contribution < -0.4 is 15.3 Å². The molecule has 12 heteroatoms. The number of rotatable bonds is 16. The van der Waals surface area contributed by atoms with E-state index in [2.05, 4.69) is 14.8 Å². The number of aromatic nitrogens is 3. The number of esters is 1. The molecule has 238 valence electrons. The minimum atomic E-state index is -5.03. The lowest BCUT2D eigenvalue weighted by Gasteiger charge is -2.35. The van der Waals surface area contributed by atoms with Gasteiger partial charge >= 0.3 is 13.7 Å². The number of carbonyl (C=O) groups is 1. The summed E-state index contributed by atoms with van der Waals surface area (Å²) in [5, 5.41) is 2.78. The Hall–Kier alpha value is -3.50. The average molecular weight is 636 g/mol. The van der Waals surface area contributed by atoms with Crippen molar-refractivity contribution in [2.75, 3.05) is 18.9 Å². The van der Waals surface area contributed by atoms with Crippen LogP contribution in [0.15, 0.2) is 54.6 Å². The summed E-state index contributed by atoms with van der Waals surface area (Å²) in [5.74, 6) is -1.51. The molecule has 0 saturated carbocycles. The Morgan fingerprint density at radius 3 is 2.59 bits per heavy atom. The van der Waals surface area contributed by atoms with Crippen LogP contribution in [-0.2, 0) is 35.5 Å². The summed E-state index contributed by atoms with van der Waals surface area (Å²) < 4.78 is 117. The number of benzene rings is 2. The van der Waals surface area contributed by atoms with E-state index in [-0.39, 0.29) is 18.2 Å². The summed E-state index contributed by atoms with van der Waals surface area (Å²) in [6, 6.07) is 12.0. The number of fused-ring (bicyclic) bond motifs is 3. The number of nitrogens with one attached hydrogen (secondary N) is 1. The van der Waals surface area contributed by atoms with Crippen LogP contribution in [-0.4, -0.2) is 45.8 Å². The largest absolute Gasteiger partial charge is 0.462 e. The van der Waals surface area contributed by atoms with E-state index in [1.54, 1.807) is 25.1 Å². The normalized spacial score (nSPS) is 19.7. The van der Waals surface area contributed by atoms with E-state index in [0.29, 0.717) is 47.2 Å². The number of ether oxygens (including phenoxy) is 2. The molecule has 2 aromatic carbocycles. The molecule has 0 aliphatic rings. The summed E-state index contributed by atoms with van der Waals surface area (Å²) in [5.41, 5.74) is 6.78. The zero-order valence-electron chi connectivity index (χ0n) is 34.8. The molecule has 0 bridgehead atoms. The molecule has 0 saturated heterocycles. The molecule has 0 aliphatic carbocycles. The number of imidazole rings is 1. The van der Waals surface area contributed by atoms with Crippen LogP contribution in [0.25, 0.3) is 21.9 Å². The molecule has 0 fully saturated rings. The van der Waals surface area contributed by atoms with Gasteiger partial charge in [-0.15, -0.1) is 0 Å². The molecule has 3 N–H and O–H groups in total. The standard InChI is InChI=1S/C32H44N5O6P/c1-7-9-19-32(6,21-41-44(39,43-24-15-11-10-12-16-24)36-23(5)31(38)42-22(3)4)37-27(20-40-8-2)35-28-29(37)25-17-13-14-18-26(25)34-30(28)33/h10-18,22-23H,7-9,19-21H2,1-6H3,(H2,33,34)(H,36,39)/t23-,32+,44+/m0/s1/i3D3,4D3,5D3,22D. The molecule has 2 aromatic heterocycles. The molecule has 2 heterocycles. The van der Waals surface area contributed by atoms with Crippen molar-refractivity contribution in [2.45, 2.75) is 84.9 Å². The van der Waals surface area contributed by atoms with Crippen LogP contribution in [0.3, 0.4) is 0 Å². The second-order valence-electron chi connectivity index (χ2n) is 10.3. The van der Waals surface area contributed by atoms with Gasteiger partial charge < -0.3 is 24.3 Å². The van der Waals surface area contributed by atoms with E-state index in [4.69, 9.17) is 38.2 Å². The number of nitrogen functional groups attached to an aromatic ring is 1. The van der Waals surface area contributed by atoms with Gasteiger partial charge in [0.2, 0.25) is 0 Å². The minimum Gasteiger partial charge on any atom is -0.462 e. The summed E-state index contributed by atoms with van der Waals surface area (Å²) in [4.78, 5) is 22.8. The first kappa shape index (κ1) is 22.1. The van der Waals surface area contributed by atoms with Crippen molar-refractivity contribution < 1.29 is 41.6 Å². The maximum absolute atomic E-state index is 14.8. The van der Waals surface area contributed by atoms with Gasteiger partial charge in [-0.1, -0.05) is 56.2 Å². The van der Waals surface area contributed by atoms with Crippen LogP contribution >= 0.6 is 7.75 Å². The molecule has 0 amide bonds. The zero-order valence-corrected chi connectivity index (χ0v) is 25.7. The third-order valence-electron chi connectivity index (χ3n) is 6.87. The number of unbranched alkanes of at least 4 members (excludes halogenated alkanes) is 1. The van der Waals surface area contributed by atoms with Crippen molar-refractivity contribution in [2.24, 2.45) is 0 Å². The first-order valence-electron chi connectivity index (χ1n) is 19.1. The molecule has 4 aromatic rings. The highest BCUT2D eigenvalue weighted by Gasteiger charge is 2.39. The van der Waals surface area contributed by atoms with Gasteiger partial charge in [0.1, 0.15) is 29.7 Å². The fourth-order valence-corrected chi connectivity index (χ4v) is 6.28. The zero-order chi connectivity index (χ0) is 40.3. The van der Waals surface area contributed by atoms with Crippen molar-refractivity contribution in [3.63, 3.8) is 0 Å². The first-order valence-corrected chi connectivity index (χ1v) is 15.7. The summed E-state index contributed by atoms with van der Waals surface area (Å²) in [6.45, 7) is -5.46. The highest BCUT2D eigenvalue weighted by atomic mass is 31.2. The SMILES string of the molecule is [2H]C([2H])([2H])[C@H](N[P@@](=O)(OC[C@@](C)(CCCC)n1c(COCC)nc2c(N)nc3ccccc3c21)Oc1ccccc1)C(=O)OC([2H])(C([2H])([2H])[2H])C([2H])([2H])[2H]. The Morgan fingerprint density at radius 2 is 1.89 bits per heavy atom. The van der Waals surface area contributed by atoms with E-state index in [9.17, 15) is 9.36 Å². The number of nitrogens with zero attached hydrogens (tertiary/aromatic N) is 3. The van der Waals surface area contributed by atoms with Crippen molar-refractivity contribution in [3.8, 4) is 5.75 Å². The minimum absolute atomic E-state index is 0.0336. The Balaban J connectivity index is 1.86. The van der Waals surface area contributed by atoms with Crippen molar-refractivity contribution in [1.29, 1.82) is 0 Å². The summed E-state index contributed by atoms with van der Waals surface area (Å²) >= 11 is 0. The molecule has 0 unspecified atom stereocenters. The fourth-order valence-electron chi connectivity index (χ4n) is 4.83. The molecule has 0 spiro atoms. The fraction of sp³-hybridized carbons (Fsp3) is 0.469. The van der Waals surface area contributed by atoms with Gasteiger partial charge in [-0.3, -0.25) is 9.32 Å². The van der Waals surface area contributed by atoms with E-state index in [0.717, 1.165) is 6.42 Å². The third kappa shape index (κ3) is 7.77. The molecule has 44 heavy (non-hydrogen) atoms. The van der Waals surface area contributed by atoms with E-state index in [1.165, 1.54) is 24.3 Å². The monoisotopic (exact) mass is 635 g/mol. The molecule has 4 rings (SSSR count). The Labute approximate surface area is 273 Å². The number of carbonyl (C=O) groups excluding carboxylic acids is 1. The van der Waals surface area contributed by atoms with Gasteiger partial charge in [-0.2, -0.15) is 5.09 Å². The maximum Gasteiger partial charge on any atom is 0.459 e. The van der Waals surface area contributed by atoms with Crippen LogP contribution in [0.1, 0.15) is 80.1 Å². The second kappa shape index (κ2) is 14.5. The smallest absolute Gasteiger partial charge is 0.459 e. The topological polar surface area (TPSA) is 140 Å². The number of hydrogen-bond donors (Lipinski definition) is 2. The Morgan fingerprint density at radius 1 is 1.14 bits per heavy atom. The van der Waals surface area contributed by atoms with Gasteiger partial charge in [0.15, 0.2) is 5.82 Å². The number of para-hydroxylation sites is 2. The quantitative estimate of drug-likeness (QED) is 0.100. The molecule has 0 radical (unpaired) electrons. The predicted molar refractivity (Wildman–Crippen MR) is 172 cm³/mol. The van der Waals surface area contributed by atoms with Gasteiger partial charge in [0.05, 0.1) is 30.6 Å². The lowest BCUT2D eigenvalue weighted by molar-refractivity contribution is -0.149. The molecular weight excluding hydrogens is 581 g/mol. The van der Waals surface area contributed by atoms with Gasteiger partial charge in [-0.25, -0.2) is 14.5 Å². The van der Waals surface area contributed by atoms with Crippen LogP contribution in [0.2, 0.25) is 0 Å². The van der Waals surface area contributed by atoms with E-state index < -0.39 is 58.5 Å². The maximum atomic E-state index is 14.8. The van der Waals surface area contributed by atoms with E-state index >= 15 is 0 Å². The van der Waals surface area contributed by atoms with Gasteiger partial charge in [-0.05, 0) is 59.0 Å². The van der Waals surface area contributed by atoms with Crippen molar-refractivity contribution in [3.05, 3.63) is 60.4 Å².